The molecule has 13 nitrogen and oxygen atoms in total. The number of nitrogens with one attached hydrogen (secondary N) is 1. The second-order valence-corrected chi connectivity index (χ2v) is 8.46. The minimum absolute atomic E-state index is 0.00780. The summed E-state index contributed by atoms with van der Waals surface area (Å²) < 4.78 is 0. The number of aromatic nitrogens is 2. The summed E-state index contributed by atoms with van der Waals surface area (Å²) in [6.07, 6.45) is 2.31. The Balaban J connectivity index is 1.45. The van der Waals surface area contributed by atoms with Gasteiger partial charge in [0.15, 0.2) is 28.4 Å². The van der Waals surface area contributed by atoms with Crippen LogP contribution in [0.1, 0.15) is 36.2 Å². The van der Waals surface area contributed by atoms with Crippen molar-refractivity contribution in [2.75, 3.05) is 44.2 Å². The van der Waals surface area contributed by atoms with Crippen LogP contribution in [-0.2, 0) is 9.59 Å². The minimum atomic E-state index is -0.797. The van der Waals surface area contributed by atoms with Crippen LogP contribution in [0.15, 0.2) is 4.99 Å². The molecule has 14 heteroatoms. The number of rotatable bonds is 5. The van der Waals surface area contributed by atoms with Gasteiger partial charge in [-0.15, -0.1) is 0 Å². The van der Waals surface area contributed by atoms with Gasteiger partial charge >= 0.3 is 5.97 Å². The number of carbonyl (C=O) groups excluding carboxylic acids is 2. The molecular formula is C19H28ClN9O4. The van der Waals surface area contributed by atoms with E-state index >= 15 is 0 Å². The summed E-state index contributed by atoms with van der Waals surface area (Å²) >= 11 is 5.79. The highest BCUT2D eigenvalue weighted by molar-refractivity contribution is 6.31. The van der Waals surface area contributed by atoms with E-state index < -0.39 is 11.9 Å². The average Bonchev–Trinajstić information content (AvgIpc) is 2.77. The molecule has 0 spiro atoms. The fourth-order valence-corrected chi connectivity index (χ4v) is 4.01. The van der Waals surface area contributed by atoms with Crippen LogP contribution >= 0.6 is 11.6 Å². The molecule has 2 fully saturated rings. The van der Waals surface area contributed by atoms with Crippen molar-refractivity contribution in [2.45, 2.75) is 31.7 Å². The van der Waals surface area contributed by atoms with Gasteiger partial charge in [-0.05, 0) is 25.7 Å². The van der Waals surface area contributed by atoms with E-state index in [4.69, 9.17) is 33.9 Å². The van der Waals surface area contributed by atoms with Crippen molar-refractivity contribution < 1.29 is 19.5 Å². The average molecular weight is 482 g/mol. The van der Waals surface area contributed by atoms with Crippen LogP contribution in [-0.4, -0.2) is 87.4 Å². The standard InChI is InChI=1S/C19H28ClN9O4/c20-14-16(22)26-15(21)13(25-14)17(31)27-19(23)24-11-3-5-28(6-4-11)9-12(30)29-7-1-10(2-8-29)18(32)33/h10-11H,1-9H2,(H,32,33)(H4,21,22,26)(H3,23,24,27,31). The molecule has 0 saturated carbocycles. The predicted octanol–water partition coefficient (Wildman–Crippen LogP) is -0.873. The third-order valence-electron chi connectivity index (χ3n) is 5.80. The molecule has 2 saturated heterocycles. The molecule has 33 heavy (non-hydrogen) atoms. The maximum absolute atomic E-state index is 12.5. The molecule has 8 N–H and O–H groups in total. The van der Waals surface area contributed by atoms with Gasteiger partial charge in [0.2, 0.25) is 5.91 Å². The lowest BCUT2D eigenvalue weighted by Gasteiger charge is -2.34. The zero-order chi connectivity index (χ0) is 24.1. The quantitative estimate of drug-likeness (QED) is 0.259. The molecule has 0 bridgehead atoms. The molecule has 0 unspecified atom stereocenters. The summed E-state index contributed by atoms with van der Waals surface area (Å²) in [4.78, 5) is 51.6. The number of piperidine rings is 2. The van der Waals surface area contributed by atoms with Crippen molar-refractivity contribution in [1.82, 2.24) is 25.1 Å². The van der Waals surface area contributed by atoms with Crippen LogP contribution in [0.2, 0.25) is 5.15 Å². The van der Waals surface area contributed by atoms with Gasteiger partial charge in [0, 0.05) is 26.2 Å². The van der Waals surface area contributed by atoms with Crippen LogP contribution < -0.4 is 22.5 Å². The van der Waals surface area contributed by atoms with Gasteiger partial charge in [-0.3, -0.25) is 24.6 Å². The highest BCUT2D eigenvalue weighted by Gasteiger charge is 2.29. The lowest BCUT2D eigenvalue weighted by molar-refractivity contribution is -0.146. The fraction of sp³-hybridized carbons (Fsp3) is 0.579. The van der Waals surface area contributed by atoms with Crippen LogP contribution in [0.4, 0.5) is 11.6 Å². The van der Waals surface area contributed by atoms with Gasteiger partial charge in [0.1, 0.15) is 0 Å². The molecule has 180 valence electrons. The lowest BCUT2D eigenvalue weighted by Crippen LogP contribution is -2.47. The highest BCUT2D eigenvalue weighted by Crippen LogP contribution is 2.19. The van der Waals surface area contributed by atoms with E-state index in [1.807, 2.05) is 4.90 Å². The number of aliphatic imine (C=N–C) groups is 1. The van der Waals surface area contributed by atoms with Gasteiger partial charge in [-0.25, -0.2) is 15.0 Å². The summed E-state index contributed by atoms with van der Waals surface area (Å²) in [6, 6.07) is -0.110. The number of carboxylic acids is 1. The number of nitrogen functional groups attached to an aromatic ring is 2. The van der Waals surface area contributed by atoms with Crippen LogP contribution in [0.25, 0.3) is 0 Å². The summed E-state index contributed by atoms with van der Waals surface area (Å²) in [6.45, 7) is 2.54. The zero-order valence-corrected chi connectivity index (χ0v) is 18.8. The van der Waals surface area contributed by atoms with E-state index in [2.05, 4.69) is 20.3 Å². The molecule has 1 aromatic heterocycles. The van der Waals surface area contributed by atoms with Gasteiger partial charge < -0.3 is 27.2 Å². The molecule has 3 rings (SSSR count). The van der Waals surface area contributed by atoms with Crippen LogP contribution in [0.3, 0.4) is 0 Å². The van der Waals surface area contributed by atoms with E-state index in [0.717, 1.165) is 0 Å². The Labute approximate surface area is 195 Å². The van der Waals surface area contributed by atoms with Gasteiger partial charge in [0.05, 0.1) is 18.5 Å². The van der Waals surface area contributed by atoms with Gasteiger partial charge in [-0.2, -0.15) is 0 Å². The number of halogens is 1. The Kier molecular flexibility index (Phi) is 7.87. The Morgan fingerprint density at radius 2 is 1.70 bits per heavy atom. The molecule has 0 aromatic carbocycles. The normalized spacial score (nSPS) is 18.8. The van der Waals surface area contributed by atoms with Gasteiger partial charge in [0.25, 0.3) is 5.91 Å². The van der Waals surface area contributed by atoms with Crippen molar-refractivity contribution in [3.05, 3.63) is 10.8 Å². The zero-order valence-electron chi connectivity index (χ0n) is 18.0. The SMILES string of the molecule is NC(=NC1CCN(CC(=O)N2CCC(C(=O)O)CC2)CC1)NC(=O)c1nc(Cl)c(N)nc1N. The summed E-state index contributed by atoms with van der Waals surface area (Å²) in [5.41, 5.74) is 16.8. The molecule has 3 heterocycles. The van der Waals surface area contributed by atoms with Gasteiger partial charge in [-0.1, -0.05) is 11.6 Å². The maximum atomic E-state index is 12.5. The van der Waals surface area contributed by atoms with E-state index in [9.17, 15) is 14.4 Å². The monoisotopic (exact) mass is 481 g/mol. The molecule has 1 aromatic rings. The number of nitrogens with two attached hydrogens (primary N) is 3. The van der Waals surface area contributed by atoms with Crippen molar-refractivity contribution in [3.8, 4) is 0 Å². The number of carboxylic acid groups (broad SMARTS) is 1. The number of carbonyl (C=O) groups is 3. The third-order valence-corrected chi connectivity index (χ3v) is 6.07. The number of hydrogen-bond acceptors (Lipinski definition) is 9. The Bertz CT molecular complexity index is 941. The first kappa shape index (κ1) is 24.5. The first-order chi connectivity index (χ1) is 15.6. The Hall–Kier alpha value is -3.19. The number of hydrogen-bond donors (Lipinski definition) is 5. The molecule has 0 aliphatic carbocycles. The highest BCUT2D eigenvalue weighted by atomic mass is 35.5. The van der Waals surface area contributed by atoms with E-state index in [0.29, 0.717) is 51.9 Å². The topological polar surface area (TPSA) is 206 Å². The van der Waals surface area contributed by atoms with Crippen molar-refractivity contribution in [1.29, 1.82) is 0 Å². The molecular weight excluding hydrogens is 454 g/mol. The fourth-order valence-electron chi connectivity index (χ4n) is 3.89. The number of aliphatic carboxylic acids is 1. The lowest BCUT2D eigenvalue weighted by atomic mass is 9.97. The number of nitrogens with zero attached hydrogens (tertiary/aromatic N) is 5. The number of likely N-dealkylation sites (tertiary alicyclic amines) is 2. The van der Waals surface area contributed by atoms with E-state index in [-0.39, 0.29) is 52.9 Å². The Morgan fingerprint density at radius 1 is 1.06 bits per heavy atom. The van der Waals surface area contributed by atoms with Crippen LogP contribution in [0, 0.1) is 5.92 Å². The molecule has 0 radical (unpaired) electrons. The summed E-state index contributed by atoms with van der Waals surface area (Å²) in [7, 11) is 0. The molecule has 0 atom stereocenters. The van der Waals surface area contributed by atoms with Crippen molar-refractivity contribution in [3.63, 3.8) is 0 Å². The second kappa shape index (κ2) is 10.6. The smallest absolute Gasteiger partial charge is 0.306 e. The summed E-state index contributed by atoms with van der Waals surface area (Å²) in [5, 5.41) is 11.4. The largest absolute Gasteiger partial charge is 0.481 e. The first-order valence-electron chi connectivity index (χ1n) is 10.6. The van der Waals surface area contributed by atoms with E-state index in [1.54, 1.807) is 4.90 Å². The maximum Gasteiger partial charge on any atom is 0.306 e. The molecule has 2 aliphatic rings. The predicted molar refractivity (Wildman–Crippen MR) is 121 cm³/mol. The van der Waals surface area contributed by atoms with Crippen molar-refractivity contribution in [2.24, 2.45) is 16.6 Å². The third kappa shape index (κ3) is 6.42. The second-order valence-electron chi connectivity index (χ2n) is 8.10. The Morgan fingerprint density at radius 3 is 2.30 bits per heavy atom. The number of anilines is 2. The molecule has 2 amide bonds. The molecule has 2 aliphatic heterocycles. The number of amides is 2. The minimum Gasteiger partial charge on any atom is -0.481 e. The van der Waals surface area contributed by atoms with E-state index in [1.165, 1.54) is 0 Å². The number of guanidine groups is 1. The first-order valence-corrected chi connectivity index (χ1v) is 11.0. The van der Waals surface area contributed by atoms with Crippen molar-refractivity contribution >= 4 is 47.0 Å². The summed E-state index contributed by atoms with van der Waals surface area (Å²) in [5.74, 6) is -2.19. The van der Waals surface area contributed by atoms with Crippen LogP contribution in [0.5, 0.6) is 0 Å².